The molecule has 0 amide bonds. The van der Waals surface area contributed by atoms with Crippen LogP contribution in [0.25, 0.3) is 6.08 Å². The summed E-state index contributed by atoms with van der Waals surface area (Å²) in [6, 6.07) is 11.9. The van der Waals surface area contributed by atoms with Gasteiger partial charge in [0.1, 0.15) is 0 Å². The molecular weight excluding hydrogens is 280 g/mol. The summed E-state index contributed by atoms with van der Waals surface area (Å²) in [4.78, 5) is 11.4. The van der Waals surface area contributed by atoms with Crippen molar-refractivity contribution in [1.29, 1.82) is 0 Å². The van der Waals surface area contributed by atoms with Crippen LogP contribution in [0.15, 0.2) is 48.4 Å². The molecule has 0 bridgehead atoms. The van der Waals surface area contributed by atoms with Crippen LogP contribution >= 0.6 is 0 Å². The molecule has 2 aromatic rings. The minimum absolute atomic E-state index is 0.208. The fourth-order valence-electron chi connectivity index (χ4n) is 1.97. The first kappa shape index (κ1) is 15.7. The monoisotopic (exact) mass is 298 g/mol. The van der Waals surface area contributed by atoms with Gasteiger partial charge in [0.05, 0.1) is 18.5 Å². The molecule has 0 saturated carbocycles. The summed E-state index contributed by atoms with van der Waals surface area (Å²) in [5.74, 6) is -1.24. The Bertz CT molecular complexity index is 654. The van der Waals surface area contributed by atoms with Crippen LogP contribution in [0.2, 0.25) is 0 Å². The molecule has 0 aliphatic rings. The molecule has 2 rings (SSSR count). The van der Waals surface area contributed by atoms with Gasteiger partial charge in [-0.05, 0) is 37.0 Å². The molecule has 1 N–H and O–H groups in total. The van der Waals surface area contributed by atoms with E-state index in [1.807, 2.05) is 18.2 Å². The standard InChI is InChI=1S/C17H18N2O3/c1-2-22-17(21)16(20)11-15-10-14(12-18-19-15)9-8-13-6-4-3-5-7-13/h3-7,10-12,20H,2,8-9H2,1H3. The number of aliphatic hydroxyl groups excluding tert-OH is 1. The highest BCUT2D eigenvalue weighted by molar-refractivity contribution is 5.90. The van der Waals surface area contributed by atoms with Gasteiger partial charge in [0.15, 0.2) is 0 Å². The zero-order valence-electron chi connectivity index (χ0n) is 12.4. The lowest BCUT2D eigenvalue weighted by atomic mass is 10.1. The zero-order valence-corrected chi connectivity index (χ0v) is 12.4. The van der Waals surface area contributed by atoms with Crippen molar-refractivity contribution in [2.75, 3.05) is 6.61 Å². The van der Waals surface area contributed by atoms with E-state index in [-0.39, 0.29) is 6.61 Å². The first-order chi connectivity index (χ1) is 10.7. The quantitative estimate of drug-likeness (QED) is 0.504. The maximum absolute atomic E-state index is 11.4. The number of carbonyl (C=O) groups excluding carboxylic acids is 1. The molecule has 1 aromatic heterocycles. The van der Waals surface area contributed by atoms with Crippen LogP contribution in [0.1, 0.15) is 23.7 Å². The lowest BCUT2D eigenvalue weighted by Gasteiger charge is -2.03. The van der Waals surface area contributed by atoms with E-state index in [9.17, 15) is 9.90 Å². The lowest BCUT2D eigenvalue weighted by molar-refractivity contribution is -0.141. The maximum atomic E-state index is 11.4. The average molecular weight is 298 g/mol. The smallest absolute Gasteiger partial charge is 0.373 e. The molecule has 1 aromatic carbocycles. The van der Waals surface area contributed by atoms with Gasteiger partial charge >= 0.3 is 5.97 Å². The zero-order chi connectivity index (χ0) is 15.8. The molecule has 0 radical (unpaired) electrons. The summed E-state index contributed by atoms with van der Waals surface area (Å²) in [5.41, 5.74) is 2.66. The SMILES string of the molecule is CCOC(=O)C(O)=Cc1cc(CCc2ccccc2)cnn1. The number of aliphatic hydroxyl groups is 1. The fraction of sp³-hybridized carbons (Fsp3) is 0.235. The summed E-state index contributed by atoms with van der Waals surface area (Å²) < 4.78 is 4.71. The van der Waals surface area contributed by atoms with Gasteiger partial charge < -0.3 is 9.84 Å². The van der Waals surface area contributed by atoms with Crippen molar-refractivity contribution in [2.45, 2.75) is 19.8 Å². The Balaban J connectivity index is 2.03. The topological polar surface area (TPSA) is 72.3 Å². The van der Waals surface area contributed by atoms with Gasteiger partial charge in [-0.15, -0.1) is 0 Å². The molecule has 5 heteroatoms. The normalized spacial score (nSPS) is 11.2. The Morgan fingerprint density at radius 1 is 1.23 bits per heavy atom. The molecule has 114 valence electrons. The Hall–Kier alpha value is -2.69. The Labute approximate surface area is 129 Å². The third kappa shape index (κ3) is 4.70. The van der Waals surface area contributed by atoms with Crippen LogP contribution in [0.5, 0.6) is 0 Å². The largest absolute Gasteiger partial charge is 0.502 e. The third-order valence-electron chi connectivity index (χ3n) is 3.04. The van der Waals surface area contributed by atoms with Gasteiger partial charge in [-0.1, -0.05) is 30.3 Å². The third-order valence-corrected chi connectivity index (χ3v) is 3.04. The lowest BCUT2D eigenvalue weighted by Crippen LogP contribution is -2.07. The molecule has 0 aliphatic heterocycles. The number of benzene rings is 1. The highest BCUT2D eigenvalue weighted by atomic mass is 16.5. The van der Waals surface area contributed by atoms with Gasteiger partial charge in [0, 0.05) is 6.08 Å². The number of rotatable bonds is 6. The molecule has 0 saturated heterocycles. The number of carbonyl (C=O) groups is 1. The van der Waals surface area contributed by atoms with Crippen molar-refractivity contribution in [1.82, 2.24) is 10.2 Å². The van der Waals surface area contributed by atoms with Crippen LogP contribution in [0.3, 0.4) is 0 Å². The first-order valence-corrected chi connectivity index (χ1v) is 7.12. The minimum Gasteiger partial charge on any atom is -0.502 e. The van der Waals surface area contributed by atoms with E-state index in [0.717, 1.165) is 18.4 Å². The second-order valence-electron chi connectivity index (χ2n) is 4.72. The van der Waals surface area contributed by atoms with Crippen LogP contribution in [0, 0.1) is 0 Å². The van der Waals surface area contributed by atoms with Crippen molar-refractivity contribution >= 4 is 12.0 Å². The number of hydrogen-bond donors (Lipinski definition) is 1. The van der Waals surface area contributed by atoms with Gasteiger partial charge in [0.25, 0.3) is 0 Å². The van der Waals surface area contributed by atoms with E-state index in [2.05, 4.69) is 22.3 Å². The Morgan fingerprint density at radius 2 is 1.95 bits per heavy atom. The summed E-state index contributed by atoms with van der Waals surface area (Å²) in [6.45, 7) is 1.88. The average Bonchev–Trinajstić information content (AvgIpc) is 2.54. The molecule has 0 fully saturated rings. The maximum Gasteiger partial charge on any atom is 0.373 e. The summed E-state index contributed by atoms with van der Waals surface area (Å²) >= 11 is 0. The fourth-order valence-corrected chi connectivity index (χ4v) is 1.97. The highest BCUT2D eigenvalue weighted by Crippen LogP contribution is 2.09. The number of aromatic nitrogens is 2. The molecule has 0 unspecified atom stereocenters. The molecular formula is C17H18N2O3. The predicted molar refractivity (Wildman–Crippen MR) is 83.1 cm³/mol. The molecule has 22 heavy (non-hydrogen) atoms. The van der Waals surface area contributed by atoms with Gasteiger partial charge in [0.2, 0.25) is 5.76 Å². The van der Waals surface area contributed by atoms with Crippen LogP contribution in [-0.2, 0) is 22.4 Å². The summed E-state index contributed by atoms with van der Waals surface area (Å²) in [5, 5.41) is 17.4. The molecule has 0 atom stereocenters. The van der Waals surface area contributed by atoms with Crippen molar-refractivity contribution in [2.24, 2.45) is 0 Å². The number of ether oxygens (including phenoxy) is 1. The van der Waals surface area contributed by atoms with Crippen molar-refractivity contribution < 1.29 is 14.6 Å². The number of hydrogen-bond acceptors (Lipinski definition) is 5. The number of esters is 1. The number of aryl methyl sites for hydroxylation is 2. The van der Waals surface area contributed by atoms with E-state index in [0.29, 0.717) is 5.69 Å². The molecule has 0 spiro atoms. The number of nitrogens with zero attached hydrogens (tertiary/aromatic N) is 2. The Kier molecular flexibility index (Phi) is 5.65. The van der Waals surface area contributed by atoms with Gasteiger partial charge in [-0.3, -0.25) is 0 Å². The van der Waals surface area contributed by atoms with Crippen LogP contribution in [-0.4, -0.2) is 27.9 Å². The second-order valence-corrected chi connectivity index (χ2v) is 4.72. The van der Waals surface area contributed by atoms with E-state index >= 15 is 0 Å². The van der Waals surface area contributed by atoms with E-state index in [1.54, 1.807) is 19.2 Å². The molecule has 0 aliphatic carbocycles. The van der Waals surface area contributed by atoms with Crippen LogP contribution < -0.4 is 0 Å². The first-order valence-electron chi connectivity index (χ1n) is 7.12. The van der Waals surface area contributed by atoms with Gasteiger partial charge in [-0.2, -0.15) is 10.2 Å². The van der Waals surface area contributed by atoms with E-state index < -0.39 is 11.7 Å². The summed E-state index contributed by atoms with van der Waals surface area (Å²) in [7, 11) is 0. The van der Waals surface area contributed by atoms with Crippen molar-refractivity contribution in [3.8, 4) is 0 Å². The predicted octanol–water partition coefficient (Wildman–Crippen LogP) is 2.72. The van der Waals surface area contributed by atoms with Gasteiger partial charge in [-0.25, -0.2) is 4.79 Å². The van der Waals surface area contributed by atoms with Crippen molar-refractivity contribution in [3.05, 3.63) is 65.2 Å². The Morgan fingerprint density at radius 3 is 2.68 bits per heavy atom. The van der Waals surface area contributed by atoms with E-state index in [1.165, 1.54) is 11.6 Å². The van der Waals surface area contributed by atoms with E-state index in [4.69, 9.17) is 4.74 Å². The van der Waals surface area contributed by atoms with Crippen molar-refractivity contribution in [3.63, 3.8) is 0 Å². The highest BCUT2D eigenvalue weighted by Gasteiger charge is 2.09. The minimum atomic E-state index is -0.765. The van der Waals surface area contributed by atoms with Crippen LogP contribution in [0.4, 0.5) is 0 Å². The molecule has 1 heterocycles. The molecule has 5 nitrogen and oxygen atoms in total. The summed E-state index contributed by atoms with van der Waals surface area (Å²) in [6.07, 6.45) is 4.64. The second kappa shape index (κ2) is 7.93.